The predicted molar refractivity (Wildman–Crippen MR) is 142 cm³/mol. The van der Waals surface area contributed by atoms with Crippen LogP contribution in [0.5, 0.6) is 0 Å². The lowest BCUT2D eigenvalue weighted by molar-refractivity contribution is -0.125. The summed E-state index contributed by atoms with van der Waals surface area (Å²) in [6, 6.07) is 11.9. The number of fused-ring (bicyclic) bond motifs is 1. The van der Waals surface area contributed by atoms with Gasteiger partial charge in [-0.25, -0.2) is 9.97 Å². The molecule has 2 fully saturated rings. The van der Waals surface area contributed by atoms with Crippen molar-refractivity contribution >= 4 is 22.9 Å². The van der Waals surface area contributed by atoms with Crippen LogP contribution in [0, 0.1) is 12.8 Å². The van der Waals surface area contributed by atoms with Crippen LogP contribution in [-0.4, -0.2) is 64.6 Å². The SMILES string of the molecule is Cc1ccc(Cn2c(=O)c(N3CCCC(C(=O)NCCN4CCCCC4)C3)nc3cccnc32)cc1. The van der Waals surface area contributed by atoms with Crippen LogP contribution in [0.2, 0.25) is 0 Å². The standard InChI is InChI=1S/C28H36N6O2/c1-21-9-11-22(12-10-21)19-34-25-24(8-5-13-29-25)31-26(28(34)36)33-17-6-7-23(20-33)27(35)30-14-18-32-15-3-2-4-16-32/h5,8-13,23H,2-4,6-7,14-20H2,1H3,(H,30,35). The van der Waals surface area contributed by atoms with Gasteiger partial charge in [-0.05, 0) is 63.4 Å². The molecule has 2 aliphatic heterocycles. The summed E-state index contributed by atoms with van der Waals surface area (Å²) in [5, 5.41) is 3.14. The highest BCUT2D eigenvalue weighted by Gasteiger charge is 2.29. The van der Waals surface area contributed by atoms with E-state index in [1.54, 1.807) is 10.8 Å². The van der Waals surface area contributed by atoms with Gasteiger partial charge < -0.3 is 15.1 Å². The number of carbonyl (C=O) groups excluding carboxylic acids is 1. The molecule has 1 N–H and O–H groups in total. The number of likely N-dealkylation sites (tertiary alicyclic amines) is 1. The van der Waals surface area contributed by atoms with Gasteiger partial charge in [0.1, 0.15) is 5.52 Å². The third-order valence-electron chi connectivity index (χ3n) is 7.41. The molecule has 5 rings (SSSR count). The maximum absolute atomic E-state index is 13.7. The van der Waals surface area contributed by atoms with Gasteiger partial charge >= 0.3 is 0 Å². The number of pyridine rings is 1. The third kappa shape index (κ3) is 5.59. The number of anilines is 1. The quantitative estimate of drug-likeness (QED) is 0.551. The number of hydrogen-bond acceptors (Lipinski definition) is 6. The van der Waals surface area contributed by atoms with Crippen LogP contribution < -0.4 is 15.8 Å². The highest BCUT2D eigenvalue weighted by Crippen LogP contribution is 2.22. The molecule has 0 saturated carbocycles. The Morgan fingerprint density at radius 2 is 1.86 bits per heavy atom. The fourth-order valence-electron chi connectivity index (χ4n) is 5.34. The lowest BCUT2D eigenvalue weighted by atomic mass is 9.97. The molecule has 2 aliphatic rings. The van der Waals surface area contributed by atoms with Crippen molar-refractivity contribution in [2.45, 2.75) is 45.6 Å². The number of rotatable bonds is 7. The highest BCUT2D eigenvalue weighted by molar-refractivity contribution is 5.79. The Bertz CT molecular complexity index is 1250. The summed E-state index contributed by atoms with van der Waals surface area (Å²) in [5.41, 5.74) is 3.32. The van der Waals surface area contributed by atoms with E-state index in [9.17, 15) is 9.59 Å². The van der Waals surface area contributed by atoms with Crippen molar-refractivity contribution in [2.24, 2.45) is 5.92 Å². The van der Waals surface area contributed by atoms with Crippen LogP contribution in [0.4, 0.5) is 5.82 Å². The molecule has 0 aliphatic carbocycles. The van der Waals surface area contributed by atoms with Crippen LogP contribution >= 0.6 is 0 Å². The van der Waals surface area contributed by atoms with Crippen molar-refractivity contribution in [3.8, 4) is 0 Å². The van der Waals surface area contributed by atoms with Gasteiger partial charge in [0.05, 0.1) is 12.5 Å². The van der Waals surface area contributed by atoms with E-state index in [2.05, 4.69) is 27.3 Å². The molecular weight excluding hydrogens is 452 g/mol. The number of nitrogens with zero attached hydrogens (tertiary/aromatic N) is 5. The number of benzene rings is 1. The Hall–Kier alpha value is -3.26. The number of aryl methyl sites for hydroxylation is 1. The van der Waals surface area contributed by atoms with Crippen molar-refractivity contribution in [2.75, 3.05) is 44.2 Å². The fourth-order valence-corrected chi connectivity index (χ4v) is 5.34. The monoisotopic (exact) mass is 488 g/mol. The molecule has 2 aromatic heterocycles. The zero-order valence-electron chi connectivity index (χ0n) is 21.2. The molecule has 0 radical (unpaired) electrons. The molecule has 1 atom stereocenters. The molecule has 1 amide bonds. The molecule has 8 nitrogen and oxygen atoms in total. The van der Waals surface area contributed by atoms with E-state index in [-0.39, 0.29) is 17.4 Å². The summed E-state index contributed by atoms with van der Waals surface area (Å²) >= 11 is 0. The molecule has 0 spiro atoms. The Kier molecular flexibility index (Phi) is 7.60. The van der Waals surface area contributed by atoms with E-state index in [4.69, 9.17) is 4.98 Å². The van der Waals surface area contributed by atoms with Crippen molar-refractivity contribution < 1.29 is 4.79 Å². The van der Waals surface area contributed by atoms with Gasteiger partial charge in [0, 0.05) is 32.4 Å². The minimum absolute atomic E-state index is 0.0825. The Labute approximate surface area is 212 Å². The number of hydrogen-bond donors (Lipinski definition) is 1. The molecule has 3 aromatic rings. The summed E-state index contributed by atoms with van der Waals surface area (Å²) in [4.78, 5) is 40.3. The Morgan fingerprint density at radius 1 is 1.06 bits per heavy atom. The number of aromatic nitrogens is 3. The Balaban J connectivity index is 1.33. The van der Waals surface area contributed by atoms with Crippen molar-refractivity contribution in [1.29, 1.82) is 0 Å². The van der Waals surface area contributed by atoms with Gasteiger partial charge in [-0.2, -0.15) is 0 Å². The van der Waals surface area contributed by atoms with E-state index in [1.165, 1.54) is 24.8 Å². The van der Waals surface area contributed by atoms with Gasteiger partial charge in [0.15, 0.2) is 11.5 Å². The lowest BCUT2D eigenvalue weighted by Gasteiger charge is -2.33. The molecule has 2 saturated heterocycles. The Morgan fingerprint density at radius 3 is 2.67 bits per heavy atom. The molecular formula is C28H36N6O2. The summed E-state index contributed by atoms with van der Waals surface area (Å²) in [7, 11) is 0. The maximum Gasteiger partial charge on any atom is 0.295 e. The smallest absolute Gasteiger partial charge is 0.295 e. The van der Waals surface area contributed by atoms with Crippen LogP contribution in [0.3, 0.4) is 0 Å². The molecule has 1 unspecified atom stereocenters. The van der Waals surface area contributed by atoms with Gasteiger partial charge in [0.2, 0.25) is 5.91 Å². The van der Waals surface area contributed by atoms with Gasteiger partial charge in [-0.3, -0.25) is 14.2 Å². The molecule has 1 aromatic carbocycles. The van der Waals surface area contributed by atoms with E-state index >= 15 is 0 Å². The van der Waals surface area contributed by atoms with Gasteiger partial charge in [0.25, 0.3) is 5.56 Å². The summed E-state index contributed by atoms with van der Waals surface area (Å²) in [6.07, 6.45) is 7.20. The first-order chi connectivity index (χ1) is 17.6. The van der Waals surface area contributed by atoms with E-state index in [1.807, 2.05) is 36.1 Å². The number of carbonyl (C=O) groups is 1. The summed E-state index contributed by atoms with van der Waals surface area (Å²) in [6.45, 7) is 7.55. The number of piperidine rings is 2. The second-order valence-corrected chi connectivity index (χ2v) is 10.1. The van der Waals surface area contributed by atoms with Crippen LogP contribution in [-0.2, 0) is 11.3 Å². The van der Waals surface area contributed by atoms with Crippen molar-refractivity contribution in [3.05, 3.63) is 64.1 Å². The van der Waals surface area contributed by atoms with Crippen molar-refractivity contribution in [3.63, 3.8) is 0 Å². The van der Waals surface area contributed by atoms with Crippen molar-refractivity contribution in [1.82, 2.24) is 24.8 Å². The summed E-state index contributed by atoms with van der Waals surface area (Å²) < 4.78 is 1.71. The average molecular weight is 489 g/mol. The van der Waals surface area contributed by atoms with Gasteiger partial charge in [-0.15, -0.1) is 0 Å². The number of nitrogens with one attached hydrogen (secondary N) is 1. The molecule has 0 bridgehead atoms. The van der Waals surface area contributed by atoms with Gasteiger partial charge in [-0.1, -0.05) is 36.2 Å². The molecule has 190 valence electrons. The zero-order chi connectivity index (χ0) is 24.9. The fraction of sp³-hybridized carbons (Fsp3) is 0.500. The minimum Gasteiger partial charge on any atom is -0.355 e. The van der Waals surface area contributed by atoms with Crippen LogP contribution in [0.1, 0.15) is 43.2 Å². The predicted octanol–water partition coefficient (Wildman–Crippen LogP) is 2.97. The third-order valence-corrected chi connectivity index (χ3v) is 7.41. The highest BCUT2D eigenvalue weighted by atomic mass is 16.2. The lowest BCUT2D eigenvalue weighted by Crippen LogP contribution is -2.47. The molecule has 8 heteroatoms. The van der Waals surface area contributed by atoms with E-state index in [0.717, 1.165) is 44.6 Å². The topological polar surface area (TPSA) is 83.4 Å². The molecule has 36 heavy (non-hydrogen) atoms. The van der Waals surface area contributed by atoms with E-state index in [0.29, 0.717) is 36.6 Å². The minimum atomic E-state index is -0.159. The van der Waals surface area contributed by atoms with Crippen LogP contribution in [0.25, 0.3) is 11.2 Å². The largest absolute Gasteiger partial charge is 0.355 e. The average Bonchev–Trinajstić information content (AvgIpc) is 2.92. The second-order valence-electron chi connectivity index (χ2n) is 10.1. The van der Waals surface area contributed by atoms with Crippen LogP contribution in [0.15, 0.2) is 47.4 Å². The first kappa shape index (κ1) is 24.4. The summed E-state index contributed by atoms with van der Waals surface area (Å²) in [5.74, 6) is 0.351. The first-order valence-electron chi connectivity index (χ1n) is 13.2. The second kappa shape index (κ2) is 11.2. The maximum atomic E-state index is 13.7. The van der Waals surface area contributed by atoms with E-state index < -0.39 is 0 Å². The molecule has 4 heterocycles. The first-order valence-corrected chi connectivity index (χ1v) is 13.2. The zero-order valence-corrected chi connectivity index (χ0v) is 21.2. The number of amides is 1. The normalized spacial score (nSPS) is 18.9.